The zero-order valence-corrected chi connectivity index (χ0v) is 11.3. The van der Waals surface area contributed by atoms with E-state index in [9.17, 15) is 4.79 Å². The molecule has 2 heteroatoms. The lowest BCUT2D eigenvalue weighted by Crippen LogP contribution is -2.48. The monoisotopic (exact) mass is 225 g/mol. The molecule has 1 aliphatic rings. The Kier molecular flexibility index (Phi) is 5.47. The molecule has 0 radical (unpaired) electrons. The highest BCUT2D eigenvalue weighted by atomic mass is 16.1. The fourth-order valence-corrected chi connectivity index (χ4v) is 2.64. The van der Waals surface area contributed by atoms with E-state index in [4.69, 9.17) is 0 Å². The van der Waals surface area contributed by atoms with Gasteiger partial charge in [-0.3, -0.25) is 4.79 Å². The Labute approximate surface area is 100 Å². The van der Waals surface area contributed by atoms with E-state index in [0.717, 1.165) is 0 Å². The molecule has 1 N–H and O–H groups in total. The maximum absolute atomic E-state index is 12.2. The standard InChI is InChI=1S/C14H27NO/c1-10(2)14(16)13(15-11(3)4)12-8-6-5-7-9-12/h10-13,15H,5-9H2,1-4H3. The summed E-state index contributed by atoms with van der Waals surface area (Å²) in [5.41, 5.74) is 0. The molecule has 1 aliphatic carbocycles. The summed E-state index contributed by atoms with van der Waals surface area (Å²) in [7, 11) is 0. The third-order valence-electron chi connectivity index (χ3n) is 3.51. The number of nitrogens with one attached hydrogen (secondary N) is 1. The van der Waals surface area contributed by atoms with Gasteiger partial charge in [0.1, 0.15) is 0 Å². The molecule has 1 saturated carbocycles. The minimum Gasteiger partial charge on any atom is -0.305 e. The highest BCUT2D eigenvalue weighted by molar-refractivity contribution is 5.86. The summed E-state index contributed by atoms with van der Waals surface area (Å²) in [6, 6.07) is 0.495. The van der Waals surface area contributed by atoms with Crippen LogP contribution in [0.15, 0.2) is 0 Å². The number of rotatable bonds is 5. The maximum Gasteiger partial charge on any atom is 0.152 e. The number of hydrogen-bond acceptors (Lipinski definition) is 2. The Bertz CT molecular complexity index is 217. The van der Waals surface area contributed by atoms with Crippen LogP contribution < -0.4 is 5.32 Å². The first kappa shape index (κ1) is 13.7. The molecule has 16 heavy (non-hydrogen) atoms. The summed E-state index contributed by atoms with van der Waals surface area (Å²) < 4.78 is 0. The topological polar surface area (TPSA) is 29.1 Å². The average molecular weight is 225 g/mol. The van der Waals surface area contributed by atoms with Crippen LogP contribution in [-0.2, 0) is 4.79 Å². The predicted octanol–water partition coefficient (Wildman–Crippen LogP) is 3.16. The number of Topliss-reactive ketones (excluding diaryl/α,β-unsaturated/α-hetero) is 1. The fourth-order valence-electron chi connectivity index (χ4n) is 2.64. The van der Waals surface area contributed by atoms with Gasteiger partial charge in [-0.05, 0) is 18.8 Å². The molecule has 0 bridgehead atoms. The Morgan fingerprint density at radius 1 is 1.06 bits per heavy atom. The van der Waals surface area contributed by atoms with Gasteiger partial charge in [0.15, 0.2) is 5.78 Å². The molecule has 94 valence electrons. The van der Waals surface area contributed by atoms with Crippen LogP contribution in [0.3, 0.4) is 0 Å². The van der Waals surface area contributed by atoms with E-state index in [1.165, 1.54) is 32.1 Å². The summed E-state index contributed by atoms with van der Waals surface area (Å²) >= 11 is 0. The predicted molar refractivity (Wildman–Crippen MR) is 68.5 cm³/mol. The van der Waals surface area contributed by atoms with Crippen LogP contribution in [0, 0.1) is 11.8 Å². The zero-order valence-electron chi connectivity index (χ0n) is 11.3. The van der Waals surface area contributed by atoms with Gasteiger partial charge in [0.25, 0.3) is 0 Å². The summed E-state index contributed by atoms with van der Waals surface area (Å²) in [6.07, 6.45) is 6.39. The molecule has 1 rings (SSSR count). The SMILES string of the molecule is CC(C)NC(C(=O)C(C)C)C1CCCCC1. The van der Waals surface area contributed by atoms with Gasteiger partial charge in [-0.15, -0.1) is 0 Å². The zero-order chi connectivity index (χ0) is 12.1. The third kappa shape index (κ3) is 3.89. The van der Waals surface area contributed by atoms with Gasteiger partial charge in [0.05, 0.1) is 6.04 Å². The third-order valence-corrected chi connectivity index (χ3v) is 3.51. The van der Waals surface area contributed by atoms with Gasteiger partial charge in [-0.1, -0.05) is 47.0 Å². The average Bonchev–Trinajstić information content (AvgIpc) is 2.26. The van der Waals surface area contributed by atoms with Crippen LogP contribution in [0.2, 0.25) is 0 Å². The van der Waals surface area contributed by atoms with Gasteiger partial charge >= 0.3 is 0 Å². The lowest BCUT2D eigenvalue weighted by molar-refractivity contribution is -0.125. The van der Waals surface area contributed by atoms with Crippen molar-refractivity contribution in [3.8, 4) is 0 Å². The summed E-state index contributed by atoms with van der Waals surface area (Å²) in [5, 5.41) is 3.48. The molecule has 2 nitrogen and oxygen atoms in total. The smallest absolute Gasteiger partial charge is 0.152 e. The fraction of sp³-hybridized carbons (Fsp3) is 0.929. The van der Waals surface area contributed by atoms with E-state index in [1.54, 1.807) is 0 Å². The number of ketones is 1. The second-order valence-corrected chi connectivity index (χ2v) is 5.75. The molecule has 0 aromatic heterocycles. The number of carbonyl (C=O) groups is 1. The Morgan fingerprint density at radius 3 is 2.06 bits per heavy atom. The maximum atomic E-state index is 12.2. The highest BCUT2D eigenvalue weighted by Crippen LogP contribution is 2.28. The molecule has 0 saturated heterocycles. The molecule has 0 aromatic carbocycles. The Balaban J connectivity index is 2.65. The second kappa shape index (κ2) is 6.39. The van der Waals surface area contributed by atoms with E-state index in [-0.39, 0.29) is 12.0 Å². The van der Waals surface area contributed by atoms with Crippen molar-refractivity contribution in [3.63, 3.8) is 0 Å². The molecular weight excluding hydrogens is 198 g/mol. The van der Waals surface area contributed by atoms with E-state index in [1.807, 2.05) is 13.8 Å². The van der Waals surface area contributed by atoms with Crippen LogP contribution >= 0.6 is 0 Å². The van der Waals surface area contributed by atoms with Crippen molar-refractivity contribution in [2.75, 3.05) is 0 Å². The Hall–Kier alpha value is -0.370. The molecule has 1 atom stereocenters. The van der Waals surface area contributed by atoms with E-state index in [0.29, 0.717) is 17.7 Å². The number of hydrogen-bond donors (Lipinski definition) is 1. The van der Waals surface area contributed by atoms with Gasteiger partial charge < -0.3 is 5.32 Å². The normalized spacial score (nSPS) is 20.4. The molecular formula is C14H27NO. The van der Waals surface area contributed by atoms with Crippen molar-refractivity contribution in [1.82, 2.24) is 5.32 Å². The lowest BCUT2D eigenvalue weighted by Gasteiger charge is -2.32. The van der Waals surface area contributed by atoms with Crippen molar-refractivity contribution in [3.05, 3.63) is 0 Å². The second-order valence-electron chi connectivity index (χ2n) is 5.75. The lowest BCUT2D eigenvalue weighted by atomic mass is 9.80. The first-order chi connectivity index (χ1) is 7.52. The molecule has 0 spiro atoms. The quantitative estimate of drug-likeness (QED) is 0.778. The van der Waals surface area contributed by atoms with Gasteiger partial charge in [0.2, 0.25) is 0 Å². The first-order valence-electron chi connectivity index (χ1n) is 6.82. The first-order valence-corrected chi connectivity index (χ1v) is 6.82. The molecule has 0 aliphatic heterocycles. The van der Waals surface area contributed by atoms with Crippen LogP contribution in [0.25, 0.3) is 0 Å². The van der Waals surface area contributed by atoms with Crippen molar-refractivity contribution in [1.29, 1.82) is 0 Å². The van der Waals surface area contributed by atoms with Crippen LogP contribution in [0.5, 0.6) is 0 Å². The van der Waals surface area contributed by atoms with Crippen LogP contribution in [0.1, 0.15) is 59.8 Å². The van der Waals surface area contributed by atoms with Crippen LogP contribution in [0.4, 0.5) is 0 Å². The van der Waals surface area contributed by atoms with Gasteiger partial charge in [-0.25, -0.2) is 0 Å². The minimum absolute atomic E-state index is 0.0975. The van der Waals surface area contributed by atoms with E-state index >= 15 is 0 Å². The summed E-state index contributed by atoms with van der Waals surface area (Å²) in [5.74, 6) is 1.13. The highest BCUT2D eigenvalue weighted by Gasteiger charge is 2.30. The molecule has 1 fully saturated rings. The van der Waals surface area contributed by atoms with Gasteiger partial charge in [-0.2, -0.15) is 0 Å². The van der Waals surface area contributed by atoms with E-state index < -0.39 is 0 Å². The van der Waals surface area contributed by atoms with Crippen molar-refractivity contribution in [2.45, 2.75) is 71.9 Å². The van der Waals surface area contributed by atoms with Crippen molar-refractivity contribution < 1.29 is 4.79 Å². The molecule has 0 heterocycles. The summed E-state index contributed by atoms with van der Waals surface area (Å²) in [6.45, 7) is 8.28. The van der Waals surface area contributed by atoms with Crippen molar-refractivity contribution in [2.24, 2.45) is 11.8 Å². The van der Waals surface area contributed by atoms with Crippen LogP contribution in [-0.4, -0.2) is 17.9 Å². The number of carbonyl (C=O) groups excluding carboxylic acids is 1. The van der Waals surface area contributed by atoms with E-state index in [2.05, 4.69) is 19.2 Å². The Morgan fingerprint density at radius 2 is 1.62 bits per heavy atom. The van der Waals surface area contributed by atoms with Gasteiger partial charge in [0, 0.05) is 12.0 Å². The minimum atomic E-state index is 0.0975. The van der Waals surface area contributed by atoms with Crippen molar-refractivity contribution >= 4 is 5.78 Å². The molecule has 1 unspecified atom stereocenters. The molecule has 0 aromatic rings. The summed E-state index contributed by atoms with van der Waals surface area (Å²) in [4.78, 5) is 12.2. The largest absolute Gasteiger partial charge is 0.305 e. The molecule has 0 amide bonds.